The number of nitrogens with one attached hydrogen (secondary N) is 2. The smallest absolute Gasteiger partial charge is 0.262 e. The molecule has 0 bridgehead atoms. The second-order valence-electron chi connectivity index (χ2n) is 5.21. The lowest BCUT2D eigenvalue weighted by molar-refractivity contribution is -0.121. The summed E-state index contributed by atoms with van der Waals surface area (Å²) in [5.41, 5.74) is 4.78. The van der Waals surface area contributed by atoms with Gasteiger partial charge in [-0.3, -0.25) is 4.79 Å². The van der Waals surface area contributed by atoms with E-state index in [1.165, 1.54) is 24.4 Å². The van der Waals surface area contributed by atoms with Crippen LogP contribution in [0.1, 0.15) is 18.1 Å². The van der Waals surface area contributed by atoms with Gasteiger partial charge in [0.05, 0.1) is 6.21 Å². The normalized spacial score (nSPS) is 12.1. The van der Waals surface area contributed by atoms with Gasteiger partial charge in [0.15, 0.2) is 0 Å². The number of rotatable bonds is 5. The largest absolute Gasteiger partial charge is 0.508 e. The Labute approximate surface area is 134 Å². The molecule has 0 heterocycles. The Morgan fingerprint density at radius 2 is 1.87 bits per heavy atom. The molecule has 0 aliphatic rings. The fourth-order valence-corrected chi connectivity index (χ4v) is 1.87. The summed E-state index contributed by atoms with van der Waals surface area (Å²) in [6.07, 6.45) is 1.31. The van der Waals surface area contributed by atoms with Crippen molar-refractivity contribution in [2.45, 2.75) is 19.9 Å². The first kappa shape index (κ1) is 16.4. The van der Waals surface area contributed by atoms with E-state index in [2.05, 4.69) is 15.8 Å². The minimum atomic E-state index is -0.469. The summed E-state index contributed by atoms with van der Waals surface area (Å²) >= 11 is 0. The number of phenolic OH excluding ortho intramolecular Hbond substituents is 2. The maximum Gasteiger partial charge on any atom is 0.262 e. The maximum absolute atomic E-state index is 12.0. The Balaban J connectivity index is 1.90. The zero-order valence-corrected chi connectivity index (χ0v) is 12.9. The molecule has 6 heteroatoms. The van der Waals surface area contributed by atoms with Crippen molar-refractivity contribution < 1.29 is 15.0 Å². The molecule has 0 spiro atoms. The Hall–Kier alpha value is -3.02. The molecule has 0 saturated carbocycles. The van der Waals surface area contributed by atoms with Gasteiger partial charge in [-0.2, -0.15) is 5.10 Å². The highest BCUT2D eigenvalue weighted by Crippen LogP contribution is 2.20. The fourth-order valence-electron chi connectivity index (χ4n) is 1.87. The average Bonchev–Trinajstić information content (AvgIpc) is 2.51. The first-order valence-electron chi connectivity index (χ1n) is 7.14. The molecule has 0 aliphatic carbocycles. The average molecular weight is 313 g/mol. The minimum absolute atomic E-state index is 0.0420. The lowest BCUT2D eigenvalue weighted by Gasteiger charge is -2.13. The molecule has 23 heavy (non-hydrogen) atoms. The third-order valence-electron chi connectivity index (χ3n) is 3.22. The van der Waals surface area contributed by atoms with Gasteiger partial charge in [-0.1, -0.05) is 17.7 Å². The number of aryl methyl sites for hydroxylation is 1. The molecule has 2 aromatic carbocycles. The number of hydrazone groups is 1. The number of carbonyl (C=O) groups is 1. The fraction of sp³-hybridized carbons (Fsp3) is 0.176. The van der Waals surface area contributed by atoms with E-state index in [1.807, 2.05) is 31.2 Å². The van der Waals surface area contributed by atoms with Crippen molar-refractivity contribution in [2.24, 2.45) is 5.10 Å². The van der Waals surface area contributed by atoms with Crippen LogP contribution < -0.4 is 10.7 Å². The van der Waals surface area contributed by atoms with Crippen molar-refractivity contribution in [1.82, 2.24) is 5.43 Å². The quantitative estimate of drug-likeness (QED) is 0.503. The van der Waals surface area contributed by atoms with Crippen LogP contribution in [-0.2, 0) is 4.79 Å². The molecule has 2 aromatic rings. The number of benzene rings is 2. The van der Waals surface area contributed by atoms with Crippen LogP contribution >= 0.6 is 0 Å². The van der Waals surface area contributed by atoms with Gasteiger partial charge in [0.25, 0.3) is 5.91 Å². The molecule has 2 rings (SSSR count). The van der Waals surface area contributed by atoms with Gasteiger partial charge in [-0.05, 0) is 38.1 Å². The number of phenols is 2. The van der Waals surface area contributed by atoms with Crippen LogP contribution in [0.3, 0.4) is 0 Å². The Morgan fingerprint density at radius 1 is 1.17 bits per heavy atom. The van der Waals surface area contributed by atoms with Crippen molar-refractivity contribution in [3.8, 4) is 11.5 Å². The summed E-state index contributed by atoms with van der Waals surface area (Å²) in [4.78, 5) is 12.0. The molecule has 1 unspecified atom stereocenters. The number of amides is 1. The van der Waals surface area contributed by atoms with E-state index in [9.17, 15) is 15.0 Å². The predicted octanol–water partition coefficient (Wildman–Crippen LogP) is 2.36. The molecular weight excluding hydrogens is 294 g/mol. The second kappa shape index (κ2) is 7.31. The van der Waals surface area contributed by atoms with Crippen LogP contribution in [0, 0.1) is 6.92 Å². The molecule has 0 aliphatic heterocycles. The summed E-state index contributed by atoms with van der Waals surface area (Å²) < 4.78 is 0. The van der Waals surface area contributed by atoms with Gasteiger partial charge in [-0.25, -0.2) is 5.43 Å². The zero-order chi connectivity index (χ0) is 16.8. The molecule has 0 fully saturated rings. The maximum atomic E-state index is 12.0. The molecular formula is C17H19N3O3. The number of hydrogen-bond donors (Lipinski definition) is 4. The number of aromatic hydroxyl groups is 2. The van der Waals surface area contributed by atoms with Crippen LogP contribution in [0.25, 0.3) is 0 Å². The van der Waals surface area contributed by atoms with E-state index in [4.69, 9.17) is 0 Å². The van der Waals surface area contributed by atoms with Crippen LogP contribution in [0.2, 0.25) is 0 Å². The standard InChI is InChI=1S/C17H19N3O3/c1-11-3-6-14(7-4-11)19-12(2)17(23)20-18-10-13-5-8-15(21)9-16(13)22/h3-10,12,19,21-22H,1-2H3,(H,20,23)/b18-10+. The monoisotopic (exact) mass is 313 g/mol. The highest BCUT2D eigenvalue weighted by Gasteiger charge is 2.11. The van der Waals surface area contributed by atoms with Crippen molar-refractivity contribution >= 4 is 17.8 Å². The first-order valence-corrected chi connectivity index (χ1v) is 7.14. The lowest BCUT2D eigenvalue weighted by Crippen LogP contribution is -2.34. The van der Waals surface area contributed by atoms with Gasteiger partial charge in [-0.15, -0.1) is 0 Å². The molecule has 0 saturated heterocycles. The zero-order valence-electron chi connectivity index (χ0n) is 12.9. The summed E-state index contributed by atoms with van der Waals surface area (Å²) in [5.74, 6) is -0.464. The van der Waals surface area contributed by atoms with Crippen molar-refractivity contribution in [1.29, 1.82) is 0 Å². The molecule has 0 aromatic heterocycles. The summed E-state index contributed by atoms with van der Waals surface area (Å²) in [5, 5.41) is 25.7. The summed E-state index contributed by atoms with van der Waals surface area (Å²) in [7, 11) is 0. The number of anilines is 1. The SMILES string of the molecule is Cc1ccc(NC(C)C(=O)N/N=C/c2ccc(O)cc2O)cc1. The number of hydrogen-bond acceptors (Lipinski definition) is 5. The van der Waals surface area contributed by atoms with Crippen LogP contribution in [0.15, 0.2) is 47.6 Å². The highest BCUT2D eigenvalue weighted by molar-refractivity contribution is 5.87. The molecule has 6 nitrogen and oxygen atoms in total. The first-order chi connectivity index (χ1) is 11.0. The van der Waals surface area contributed by atoms with E-state index >= 15 is 0 Å². The third kappa shape index (κ3) is 4.74. The van der Waals surface area contributed by atoms with Gasteiger partial charge in [0, 0.05) is 17.3 Å². The summed E-state index contributed by atoms with van der Waals surface area (Å²) in [6.45, 7) is 3.72. The van der Waals surface area contributed by atoms with E-state index in [0.717, 1.165) is 11.3 Å². The third-order valence-corrected chi connectivity index (χ3v) is 3.22. The minimum Gasteiger partial charge on any atom is -0.508 e. The van der Waals surface area contributed by atoms with Crippen molar-refractivity contribution in [3.05, 3.63) is 53.6 Å². The molecule has 1 amide bonds. The van der Waals surface area contributed by atoms with Crippen LogP contribution in [-0.4, -0.2) is 28.4 Å². The second-order valence-corrected chi connectivity index (χ2v) is 5.21. The van der Waals surface area contributed by atoms with Gasteiger partial charge < -0.3 is 15.5 Å². The van der Waals surface area contributed by atoms with Gasteiger partial charge >= 0.3 is 0 Å². The molecule has 1 atom stereocenters. The summed E-state index contributed by atoms with van der Waals surface area (Å²) in [6, 6.07) is 11.4. The van der Waals surface area contributed by atoms with E-state index in [-0.39, 0.29) is 17.4 Å². The Kier molecular flexibility index (Phi) is 5.19. The Bertz CT molecular complexity index is 712. The van der Waals surface area contributed by atoms with Crippen LogP contribution in [0.4, 0.5) is 5.69 Å². The van der Waals surface area contributed by atoms with E-state index in [0.29, 0.717) is 5.56 Å². The van der Waals surface area contributed by atoms with Gasteiger partial charge in [0.1, 0.15) is 17.5 Å². The Morgan fingerprint density at radius 3 is 2.52 bits per heavy atom. The number of carbonyl (C=O) groups excluding carboxylic acids is 1. The van der Waals surface area contributed by atoms with E-state index < -0.39 is 6.04 Å². The van der Waals surface area contributed by atoms with Gasteiger partial charge in [0.2, 0.25) is 0 Å². The molecule has 120 valence electrons. The molecule has 0 radical (unpaired) electrons. The predicted molar refractivity (Wildman–Crippen MR) is 89.8 cm³/mol. The van der Waals surface area contributed by atoms with Crippen LogP contribution in [0.5, 0.6) is 11.5 Å². The number of nitrogens with zero attached hydrogens (tertiary/aromatic N) is 1. The van der Waals surface area contributed by atoms with Crippen molar-refractivity contribution in [3.63, 3.8) is 0 Å². The molecule has 4 N–H and O–H groups in total. The lowest BCUT2D eigenvalue weighted by atomic mass is 10.2. The van der Waals surface area contributed by atoms with E-state index in [1.54, 1.807) is 6.92 Å². The highest BCUT2D eigenvalue weighted by atomic mass is 16.3. The topological polar surface area (TPSA) is 94.0 Å². The van der Waals surface area contributed by atoms with Crippen molar-refractivity contribution in [2.75, 3.05) is 5.32 Å².